The van der Waals surface area contributed by atoms with E-state index in [1.165, 1.54) is 23.5 Å². The summed E-state index contributed by atoms with van der Waals surface area (Å²) in [6.07, 6.45) is 0. The molecule has 1 heterocycles. The molecule has 1 aromatic heterocycles. The number of thiazole rings is 1. The Hall–Kier alpha value is -2.00. The molecule has 0 unspecified atom stereocenters. The van der Waals surface area contributed by atoms with Gasteiger partial charge in [0.25, 0.3) is 5.91 Å². The first kappa shape index (κ1) is 22.7. The van der Waals surface area contributed by atoms with Gasteiger partial charge >= 0.3 is 0 Å². The van der Waals surface area contributed by atoms with Crippen LogP contribution in [0.4, 0.5) is 5.13 Å². The zero-order valence-corrected chi connectivity index (χ0v) is 19.7. The third-order valence-corrected chi connectivity index (χ3v) is 8.03. The van der Waals surface area contributed by atoms with E-state index >= 15 is 0 Å². The van der Waals surface area contributed by atoms with Crippen molar-refractivity contribution in [2.45, 2.75) is 18.7 Å². The predicted octanol–water partition coefficient (Wildman–Crippen LogP) is 4.26. The van der Waals surface area contributed by atoms with Crippen molar-refractivity contribution in [2.75, 3.05) is 37.8 Å². The van der Waals surface area contributed by atoms with Crippen molar-refractivity contribution in [1.29, 1.82) is 0 Å². The van der Waals surface area contributed by atoms with E-state index in [-0.39, 0.29) is 16.6 Å². The van der Waals surface area contributed by atoms with E-state index in [9.17, 15) is 13.2 Å². The number of amides is 1. The van der Waals surface area contributed by atoms with Crippen LogP contribution in [-0.4, -0.2) is 57.1 Å². The molecule has 0 aliphatic carbocycles. The van der Waals surface area contributed by atoms with Crippen LogP contribution in [0, 0.1) is 6.92 Å². The highest BCUT2D eigenvalue weighted by atomic mass is 35.5. The van der Waals surface area contributed by atoms with Crippen LogP contribution in [0.3, 0.4) is 0 Å². The van der Waals surface area contributed by atoms with E-state index in [1.807, 2.05) is 38.1 Å². The molecule has 0 aliphatic rings. The molecule has 0 saturated heterocycles. The third-order valence-electron chi connectivity index (χ3n) is 4.82. The molecule has 0 atom stereocenters. The zero-order chi connectivity index (χ0) is 22.1. The molecule has 0 fully saturated rings. The lowest BCUT2D eigenvalue weighted by Crippen LogP contribution is -2.36. The van der Waals surface area contributed by atoms with Crippen molar-refractivity contribution in [3.63, 3.8) is 0 Å². The summed E-state index contributed by atoms with van der Waals surface area (Å²) in [6.45, 7) is 4.61. The van der Waals surface area contributed by atoms with Crippen LogP contribution in [0.5, 0.6) is 0 Å². The fourth-order valence-electron chi connectivity index (χ4n) is 2.92. The summed E-state index contributed by atoms with van der Waals surface area (Å²) in [6, 6.07) is 9.83. The molecule has 0 bridgehead atoms. The lowest BCUT2D eigenvalue weighted by molar-refractivity contribution is 0.0985. The molecule has 30 heavy (non-hydrogen) atoms. The fourth-order valence-corrected chi connectivity index (χ4v) is 5.00. The van der Waals surface area contributed by atoms with Gasteiger partial charge in [0.15, 0.2) is 15.0 Å². The van der Waals surface area contributed by atoms with Crippen molar-refractivity contribution in [3.8, 4) is 0 Å². The van der Waals surface area contributed by atoms with Gasteiger partial charge in [-0.05, 0) is 63.0 Å². The highest BCUT2D eigenvalue weighted by molar-refractivity contribution is 7.91. The van der Waals surface area contributed by atoms with E-state index in [0.717, 1.165) is 15.8 Å². The number of halogens is 1. The summed E-state index contributed by atoms with van der Waals surface area (Å²) < 4.78 is 25.1. The monoisotopic (exact) mass is 465 g/mol. The number of aryl methyl sites for hydroxylation is 1. The van der Waals surface area contributed by atoms with Crippen molar-refractivity contribution in [1.82, 2.24) is 9.88 Å². The minimum atomic E-state index is -3.32. The molecule has 6 nitrogen and oxygen atoms in total. The first-order chi connectivity index (χ1) is 14.1. The summed E-state index contributed by atoms with van der Waals surface area (Å²) in [5.41, 5.74) is 2.08. The summed E-state index contributed by atoms with van der Waals surface area (Å²) in [4.78, 5) is 21.9. The van der Waals surface area contributed by atoms with Crippen LogP contribution in [-0.2, 0) is 9.84 Å². The first-order valence-corrected chi connectivity index (χ1v) is 12.3. The van der Waals surface area contributed by atoms with Crippen molar-refractivity contribution >= 4 is 54.0 Å². The summed E-state index contributed by atoms with van der Waals surface area (Å²) in [7, 11) is 0.565. The number of nitrogens with zero attached hydrogens (tertiary/aromatic N) is 3. The number of anilines is 1. The van der Waals surface area contributed by atoms with Crippen molar-refractivity contribution in [2.24, 2.45) is 0 Å². The van der Waals surface area contributed by atoms with Gasteiger partial charge in [-0.15, -0.1) is 0 Å². The molecule has 2 aromatic carbocycles. The number of benzene rings is 2. The number of fused-ring (bicyclic) bond motifs is 1. The molecule has 0 aliphatic heterocycles. The van der Waals surface area contributed by atoms with Crippen LogP contribution in [0.2, 0.25) is 5.02 Å². The molecule has 9 heteroatoms. The number of carbonyl (C=O) groups is 1. The summed E-state index contributed by atoms with van der Waals surface area (Å²) in [5, 5.41) is 1.23. The summed E-state index contributed by atoms with van der Waals surface area (Å²) >= 11 is 7.66. The number of aromatic nitrogens is 1. The van der Waals surface area contributed by atoms with Gasteiger partial charge in [-0.1, -0.05) is 29.9 Å². The lowest BCUT2D eigenvalue weighted by Gasteiger charge is -2.22. The molecule has 0 saturated carbocycles. The Balaban J connectivity index is 1.99. The quantitative estimate of drug-likeness (QED) is 0.521. The number of hydrogen-bond acceptors (Lipinski definition) is 6. The first-order valence-electron chi connectivity index (χ1n) is 9.49. The van der Waals surface area contributed by atoms with Gasteiger partial charge in [-0.3, -0.25) is 9.69 Å². The van der Waals surface area contributed by atoms with Crippen LogP contribution in [0.15, 0.2) is 41.3 Å². The Labute approximate surface area is 186 Å². The molecule has 1 amide bonds. The molecule has 3 rings (SSSR count). The molecular formula is C21H24ClN3O3S2. The second kappa shape index (κ2) is 9.01. The van der Waals surface area contributed by atoms with Crippen LogP contribution in [0.1, 0.15) is 22.8 Å². The Bertz CT molecular complexity index is 1170. The Kier molecular flexibility index (Phi) is 6.81. The van der Waals surface area contributed by atoms with E-state index in [0.29, 0.717) is 28.8 Å². The largest absolute Gasteiger partial charge is 0.308 e. The topological polar surface area (TPSA) is 70.6 Å². The Morgan fingerprint density at radius 2 is 1.77 bits per heavy atom. The number of sulfone groups is 1. The van der Waals surface area contributed by atoms with Crippen LogP contribution in [0.25, 0.3) is 10.2 Å². The SMILES string of the molecule is CCS(=O)(=O)c1ccc(C(=O)N(CCN(C)C)c2nc3c(C)c(Cl)ccc3s2)cc1. The Morgan fingerprint density at radius 3 is 2.37 bits per heavy atom. The Morgan fingerprint density at radius 1 is 1.10 bits per heavy atom. The molecule has 3 aromatic rings. The number of carbonyl (C=O) groups excluding carboxylic acids is 1. The molecule has 0 radical (unpaired) electrons. The zero-order valence-electron chi connectivity index (χ0n) is 17.3. The summed E-state index contributed by atoms with van der Waals surface area (Å²) in [5.74, 6) is -0.205. The van der Waals surface area contributed by atoms with E-state index in [4.69, 9.17) is 16.6 Å². The molecule has 0 spiro atoms. The highest BCUT2D eigenvalue weighted by Crippen LogP contribution is 2.34. The maximum atomic E-state index is 13.3. The number of rotatable bonds is 7. The average Bonchev–Trinajstić information content (AvgIpc) is 3.15. The second-order valence-electron chi connectivity index (χ2n) is 7.20. The molecular weight excluding hydrogens is 442 g/mol. The molecule has 0 N–H and O–H groups in total. The third kappa shape index (κ3) is 4.67. The predicted molar refractivity (Wildman–Crippen MR) is 124 cm³/mol. The van der Waals surface area contributed by atoms with Gasteiger partial charge in [-0.25, -0.2) is 13.4 Å². The lowest BCUT2D eigenvalue weighted by atomic mass is 10.2. The van der Waals surface area contributed by atoms with E-state index in [1.54, 1.807) is 24.0 Å². The van der Waals surface area contributed by atoms with Crippen LogP contribution >= 0.6 is 22.9 Å². The standard InChI is InChI=1S/C21H24ClN3O3S2/c1-5-30(27,28)16-8-6-15(7-9-16)20(26)25(13-12-24(3)4)21-23-19-14(2)17(22)10-11-18(19)29-21/h6-11H,5,12-13H2,1-4H3. The van der Waals surface area contributed by atoms with Gasteiger partial charge in [0.1, 0.15) is 0 Å². The van der Waals surface area contributed by atoms with Gasteiger partial charge in [0.05, 0.1) is 20.9 Å². The van der Waals surface area contributed by atoms with E-state index in [2.05, 4.69) is 0 Å². The smallest absolute Gasteiger partial charge is 0.260 e. The average molecular weight is 466 g/mol. The fraction of sp³-hybridized carbons (Fsp3) is 0.333. The number of hydrogen-bond donors (Lipinski definition) is 0. The second-order valence-corrected chi connectivity index (χ2v) is 10.9. The van der Waals surface area contributed by atoms with Gasteiger partial charge in [0, 0.05) is 23.7 Å². The van der Waals surface area contributed by atoms with E-state index < -0.39 is 9.84 Å². The maximum absolute atomic E-state index is 13.3. The highest BCUT2D eigenvalue weighted by Gasteiger charge is 2.23. The normalized spacial score (nSPS) is 11.9. The molecule has 160 valence electrons. The van der Waals surface area contributed by atoms with Crippen molar-refractivity contribution < 1.29 is 13.2 Å². The maximum Gasteiger partial charge on any atom is 0.260 e. The van der Waals surface area contributed by atoms with Gasteiger partial charge in [0.2, 0.25) is 0 Å². The minimum Gasteiger partial charge on any atom is -0.308 e. The van der Waals surface area contributed by atoms with Gasteiger partial charge in [-0.2, -0.15) is 0 Å². The van der Waals surface area contributed by atoms with Gasteiger partial charge < -0.3 is 4.90 Å². The van der Waals surface area contributed by atoms with Crippen molar-refractivity contribution in [3.05, 3.63) is 52.5 Å². The number of likely N-dealkylation sites (N-methyl/N-ethyl adjacent to an activating group) is 1. The van der Waals surface area contributed by atoms with Crippen LogP contribution < -0.4 is 4.90 Å². The minimum absolute atomic E-state index is 0.0167.